The Labute approximate surface area is 198 Å². The van der Waals surface area contributed by atoms with Crippen LogP contribution < -0.4 is 10.7 Å². The number of esters is 1. The largest absolute Gasteiger partial charge is 0.465 e. The maximum atomic E-state index is 12.6. The van der Waals surface area contributed by atoms with E-state index in [1.165, 1.54) is 37.7 Å². The average molecular weight is 464 g/mol. The van der Waals surface area contributed by atoms with Gasteiger partial charge in [0.1, 0.15) is 12.1 Å². The summed E-state index contributed by atoms with van der Waals surface area (Å²) in [5.41, 5.74) is 3.83. The molecule has 0 spiro atoms. The van der Waals surface area contributed by atoms with Gasteiger partial charge in [-0.1, -0.05) is 63.3 Å². The minimum Gasteiger partial charge on any atom is -0.465 e. The summed E-state index contributed by atoms with van der Waals surface area (Å²) in [6.45, 7) is 9.16. The summed E-state index contributed by atoms with van der Waals surface area (Å²) in [7, 11) is 0. The lowest BCUT2D eigenvalue weighted by molar-refractivity contribution is -0.141. The first-order chi connectivity index (χ1) is 15.6. The molecular formula is C25H41N3O5. The number of unbranched alkanes of at least 4 members (excludes halogenated alkanes) is 5. The molecule has 1 aromatic rings. The van der Waals surface area contributed by atoms with Crippen LogP contribution in [0.15, 0.2) is 24.3 Å². The third-order valence-electron chi connectivity index (χ3n) is 4.74. The quantitative estimate of drug-likeness (QED) is 0.255. The van der Waals surface area contributed by atoms with Crippen molar-refractivity contribution in [3.05, 3.63) is 35.4 Å². The Bertz CT molecular complexity index is 729. The molecule has 0 fully saturated rings. The fourth-order valence-corrected chi connectivity index (χ4v) is 3.13. The molecule has 2 N–H and O–H groups in total. The molecule has 3 amide bonds. The van der Waals surface area contributed by atoms with Crippen LogP contribution in [0.2, 0.25) is 0 Å². The van der Waals surface area contributed by atoms with E-state index in [-0.39, 0.29) is 19.7 Å². The third kappa shape index (κ3) is 13.4. The van der Waals surface area contributed by atoms with Crippen molar-refractivity contribution in [1.82, 2.24) is 15.8 Å². The Balaban J connectivity index is 2.69. The highest BCUT2D eigenvalue weighted by Crippen LogP contribution is 2.13. The molecule has 0 radical (unpaired) electrons. The van der Waals surface area contributed by atoms with Gasteiger partial charge in [-0.25, -0.2) is 20.0 Å². The monoisotopic (exact) mass is 463 g/mol. The van der Waals surface area contributed by atoms with Crippen molar-refractivity contribution in [3.63, 3.8) is 0 Å². The molecule has 0 saturated heterocycles. The highest BCUT2D eigenvalue weighted by atomic mass is 16.6. The zero-order chi connectivity index (χ0) is 24.7. The van der Waals surface area contributed by atoms with Crippen LogP contribution in [-0.4, -0.2) is 41.9 Å². The molecule has 33 heavy (non-hydrogen) atoms. The number of nitrogens with zero attached hydrogens (tertiary/aromatic N) is 1. The van der Waals surface area contributed by atoms with Crippen LogP contribution in [0.3, 0.4) is 0 Å². The fourth-order valence-electron chi connectivity index (χ4n) is 3.13. The Morgan fingerprint density at radius 2 is 1.52 bits per heavy atom. The van der Waals surface area contributed by atoms with E-state index in [4.69, 9.17) is 9.47 Å². The second-order valence-corrected chi connectivity index (χ2v) is 9.00. The van der Waals surface area contributed by atoms with Crippen LogP contribution in [0.5, 0.6) is 0 Å². The number of hydrazine groups is 1. The lowest BCUT2D eigenvalue weighted by atomic mass is 10.0. The molecule has 0 saturated carbocycles. The van der Waals surface area contributed by atoms with E-state index in [1.54, 1.807) is 27.7 Å². The first-order valence-corrected chi connectivity index (χ1v) is 11.9. The summed E-state index contributed by atoms with van der Waals surface area (Å²) in [6.07, 6.45) is 7.78. The summed E-state index contributed by atoms with van der Waals surface area (Å²) in [5, 5.41) is 3.55. The van der Waals surface area contributed by atoms with Crippen LogP contribution in [-0.2, 0) is 27.2 Å². The number of urea groups is 1. The van der Waals surface area contributed by atoms with Gasteiger partial charge in [-0.05, 0) is 51.7 Å². The second-order valence-electron chi connectivity index (χ2n) is 9.00. The maximum absolute atomic E-state index is 12.6. The van der Waals surface area contributed by atoms with Crippen LogP contribution in [0.1, 0.15) is 84.3 Å². The SMILES string of the molecule is CCCCCCCCc1ccc(CN(NC(=O)OC(C)(C)C)C(=O)NCC(=O)OCC)cc1. The Morgan fingerprint density at radius 1 is 0.909 bits per heavy atom. The number of ether oxygens (including phenoxy) is 2. The summed E-state index contributed by atoms with van der Waals surface area (Å²) < 4.78 is 10.1. The van der Waals surface area contributed by atoms with Gasteiger partial charge in [0, 0.05) is 0 Å². The van der Waals surface area contributed by atoms with Gasteiger partial charge in [0.05, 0.1) is 13.2 Å². The standard InChI is InChI=1S/C25H41N3O5/c1-6-8-9-10-11-12-13-20-14-16-21(17-15-20)19-28(27-24(31)33-25(3,4)5)23(30)26-18-22(29)32-7-2/h14-17H,6-13,18-19H2,1-5H3,(H,26,30)(H,27,31). The molecule has 0 aliphatic heterocycles. The van der Waals surface area contributed by atoms with Crippen LogP contribution >= 0.6 is 0 Å². The van der Waals surface area contributed by atoms with Gasteiger partial charge in [0.2, 0.25) is 0 Å². The number of aryl methyl sites for hydroxylation is 1. The summed E-state index contributed by atoms with van der Waals surface area (Å²) in [5.74, 6) is -0.554. The van der Waals surface area contributed by atoms with Crippen molar-refractivity contribution in [1.29, 1.82) is 0 Å². The van der Waals surface area contributed by atoms with Gasteiger partial charge in [-0.2, -0.15) is 0 Å². The predicted molar refractivity (Wildman–Crippen MR) is 128 cm³/mol. The van der Waals surface area contributed by atoms with Crippen molar-refractivity contribution in [2.75, 3.05) is 13.2 Å². The van der Waals surface area contributed by atoms with Gasteiger partial charge in [0.15, 0.2) is 0 Å². The van der Waals surface area contributed by atoms with E-state index >= 15 is 0 Å². The lowest BCUT2D eigenvalue weighted by Crippen LogP contribution is -2.52. The number of hydrogen-bond acceptors (Lipinski definition) is 5. The zero-order valence-electron chi connectivity index (χ0n) is 20.9. The number of carbonyl (C=O) groups is 3. The topological polar surface area (TPSA) is 97.0 Å². The third-order valence-corrected chi connectivity index (χ3v) is 4.74. The first-order valence-electron chi connectivity index (χ1n) is 11.9. The molecule has 1 rings (SSSR count). The first kappa shape index (κ1) is 28.3. The summed E-state index contributed by atoms with van der Waals surface area (Å²) in [6, 6.07) is 7.33. The molecule has 0 unspecified atom stereocenters. The maximum Gasteiger partial charge on any atom is 0.426 e. The van der Waals surface area contributed by atoms with E-state index in [0.29, 0.717) is 0 Å². The minimum absolute atomic E-state index is 0.116. The van der Waals surface area contributed by atoms with Crippen LogP contribution in [0, 0.1) is 0 Å². The lowest BCUT2D eigenvalue weighted by Gasteiger charge is -2.26. The highest BCUT2D eigenvalue weighted by Gasteiger charge is 2.22. The normalized spacial score (nSPS) is 10.9. The average Bonchev–Trinajstić information content (AvgIpc) is 2.74. The molecule has 8 nitrogen and oxygen atoms in total. The molecule has 8 heteroatoms. The summed E-state index contributed by atoms with van der Waals surface area (Å²) >= 11 is 0. The summed E-state index contributed by atoms with van der Waals surface area (Å²) in [4.78, 5) is 36.4. The number of hydrogen-bond donors (Lipinski definition) is 2. The van der Waals surface area contributed by atoms with Gasteiger partial charge < -0.3 is 14.8 Å². The Kier molecular flexibility index (Phi) is 13.0. The van der Waals surface area contributed by atoms with E-state index in [2.05, 4.69) is 17.7 Å². The molecule has 0 heterocycles. The van der Waals surface area contributed by atoms with Crippen molar-refractivity contribution < 1.29 is 23.9 Å². The Hall–Kier alpha value is -2.77. The predicted octanol–water partition coefficient (Wildman–Crippen LogP) is 5.10. The fraction of sp³-hybridized carbons (Fsp3) is 0.640. The molecular weight excluding hydrogens is 422 g/mol. The van der Waals surface area contributed by atoms with Gasteiger partial charge in [-0.3, -0.25) is 4.79 Å². The molecule has 0 aliphatic rings. The molecule has 186 valence electrons. The van der Waals surface area contributed by atoms with E-state index in [1.807, 2.05) is 24.3 Å². The van der Waals surface area contributed by atoms with Gasteiger partial charge in [0.25, 0.3) is 0 Å². The number of amides is 3. The molecule has 1 aromatic carbocycles. The van der Waals surface area contributed by atoms with Crippen molar-refractivity contribution in [2.45, 2.75) is 91.7 Å². The van der Waals surface area contributed by atoms with E-state index in [9.17, 15) is 14.4 Å². The van der Waals surface area contributed by atoms with E-state index in [0.717, 1.165) is 23.4 Å². The number of carbonyl (C=O) groups excluding carboxylic acids is 3. The Morgan fingerprint density at radius 3 is 2.12 bits per heavy atom. The van der Waals surface area contributed by atoms with Crippen molar-refractivity contribution >= 4 is 18.1 Å². The smallest absolute Gasteiger partial charge is 0.426 e. The second kappa shape index (κ2) is 15.1. The van der Waals surface area contributed by atoms with Crippen LogP contribution in [0.25, 0.3) is 0 Å². The van der Waals surface area contributed by atoms with Gasteiger partial charge in [-0.15, -0.1) is 0 Å². The van der Waals surface area contributed by atoms with Gasteiger partial charge >= 0.3 is 18.1 Å². The number of benzene rings is 1. The molecule has 0 atom stereocenters. The van der Waals surface area contributed by atoms with Crippen LogP contribution in [0.4, 0.5) is 9.59 Å². The van der Waals surface area contributed by atoms with Crippen molar-refractivity contribution in [3.8, 4) is 0 Å². The number of nitrogens with one attached hydrogen (secondary N) is 2. The molecule has 0 bridgehead atoms. The number of rotatable bonds is 12. The highest BCUT2D eigenvalue weighted by molar-refractivity contribution is 5.82. The zero-order valence-corrected chi connectivity index (χ0v) is 20.9. The molecule has 0 aromatic heterocycles. The van der Waals surface area contributed by atoms with E-state index < -0.39 is 23.7 Å². The van der Waals surface area contributed by atoms with Crippen molar-refractivity contribution in [2.24, 2.45) is 0 Å². The molecule has 0 aliphatic carbocycles. The minimum atomic E-state index is -0.756.